The molecule has 2 aliphatic rings. The lowest BCUT2D eigenvalue weighted by molar-refractivity contribution is -0.148. The largest absolute Gasteiger partial charge is 0.383 e. The summed E-state index contributed by atoms with van der Waals surface area (Å²) in [5, 5.41) is 0. The molecule has 4 aromatic rings. The summed E-state index contributed by atoms with van der Waals surface area (Å²) in [6, 6.07) is 30.5. The molecule has 47 heavy (non-hydrogen) atoms. The molecular formula is C35H40ClN4O6P. The standard InChI is InChI=1S/C35H40ClN4O6P/c1-26-21-39(34(42)37-33(26)41)32-23-38(22-31(46-32)25-45-47(36,43)40-20-12-19-30(40)24-44-2)35(27-13-6-3-7-14-27,28-15-8-4-9-16-28)29-17-10-5-11-18-29/h3-11,13-18,21,30-32H,12,19-20,22-25H2,1-2H3,(H,37,41,42)/t30?,31-,32+,47+/m0/s1. The van der Waals surface area contributed by atoms with Crippen LogP contribution in [0, 0.1) is 6.92 Å². The van der Waals surface area contributed by atoms with E-state index in [9.17, 15) is 14.2 Å². The minimum atomic E-state index is -3.73. The van der Waals surface area contributed by atoms with Gasteiger partial charge >= 0.3 is 12.6 Å². The molecule has 0 saturated carbocycles. The Morgan fingerprint density at radius 3 is 2.04 bits per heavy atom. The Kier molecular flexibility index (Phi) is 10.3. The first-order chi connectivity index (χ1) is 22.7. The van der Waals surface area contributed by atoms with Gasteiger partial charge in [0.25, 0.3) is 5.56 Å². The highest BCUT2D eigenvalue weighted by Crippen LogP contribution is 2.59. The molecule has 0 amide bonds. The number of ether oxygens (including phenoxy) is 2. The van der Waals surface area contributed by atoms with Crippen LogP contribution in [0.15, 0.2) is 107 Å². The first kappa shape index (κ1) is 33.6. The van der Waals surface area contributed by atoms with E-state index in [1.54, 1.807) is 18.7 Å². The maximum Gasteiger partial charge on any atom is 0.363 e. The van der Waals surface area contributed by atoms with Crippen LogP contribution in [-0.4, -0.2) is 71.2 Å². The second-order valence-corrected chi connectivity index (χ2v) is 15.0. The molecule has 2 aliphatic heterocycles. The highest BCUT2D eigenvalue weighted by atomic mass is 35.7. The molecule has 12 heteroatoms. The normalized spacial score (nSPS) is 22.2. The van der Waals surface area contributed by atoms with Gasteiger partial charge in [-0.15, -0.1) is 0 Å². The number of aromatic amines is 1. The molecule has 0 radical (unpaired) electrons. The summed E-state index contributed by atoms with van der Waals surface area (Å²) in [6.07, 6.45) is 1.70. The lowest BCUT2D eigenvalue weighted by Crippen LogP contribution is -2.58. The lowest BCUT2D eigenvalue weighted by atomic mass is 9.75. The number of aryl methyl sites for hydroxylation is 1. The predicted molar refractivity (Wildman–Crippen MR) is 182 cm³/mol. The minimum absolute atomic E-state index is 0.0878. The molecule has 2 saturated heterocycles. The van der Waals surface area contributed by atoms with Crippen LogP contribution in [0.2, 0.25) is 0 Å². The average molecular weight is 679 g/mol. The van der Waals surface area contributed by atoms with Crippen LogP contribution in [-0.2, 0) is 24.1 Å². The highest BCUT2D eigenvalue weighted by molar-refractivity contribution is 7.83. The van der Waals surface area contributed by atoms with E-state index in [2.05, 4.69) is 46.3 Å². The summed E-state index contributed by atoms with van der Waals surface area (Å²) in [5.74, 6) is 0. The molecular weight excluding hydrogens is 639 g/mol. The first-order valence-electron chi connectivity index (χ1n) is 15.8. The number of hydrogen-bond acceptors (Lipinski definition) is 7. The molecule has 10 nitrogen and oxygen atoms in total. The van der Waals surface area contributed by atoms with Crippen molar-refractivity contribution in [1.82, 2.24) is 19.1 Å². The predicted octanol–water partition coefficient (Wildman–Crippen LogP) is 5.51. The number of nitrogens with zero attached hydrogens (tertiary/aromatic N) is 3. The number of H-pyrrole nitrogens is 1. The fraction of sp³-hybridized carbons (Fsp3) is 0.371. The van der Waals surface area contributed by atoms with Gasteiger partial charge in [0.1, 0.15) is 0 Å². The molecule has 0 aliphatic carbocycles. The van der Waals surface area contributed by atoms with Crippen molar-refractivity contribution in [3.05, 3.63) is 140 Å². The van der Waals surface area contributed by atoms with E-state index in [-0.39, 0.29) is 19.2 Å². The van der Waals surface area contributed by atoms with Crippen LogP contribution in [0.4, 0.5) is 0 Å². The van der Waals surface area contributed by atoms with Crippen molar-refractivity contribution in [3.63, 3.8) is 0 Å². The molecule has 0 spiro atoms. The van der Waals surface area contributed by atoms with Gasteiger partial charge in [-0.05, 0) is 47.7 Å². The second kappa shape index (κ2) is 14.4. The minimum Gasteiger partial charge on any atom is -0.383 e. The number of rotatable bonds is 11. The Morgan fingerprint density at radius 1 is 0.915 bits per heavy atom. The van der Waals surface area contributed by atoms with Crippen LogP contribution in [0.1, 0.15) is 41.3 Å². The third kappa shape index (κ3) is 6.82. The maximum atomic E-state index is 13.8. The summed E-state index contributed by atoms with van der Waals surface area (Å²) in [5.41, 5.74) is 1.57. The van der Waals surface area contributed by atoms with Gasteiger partial charge in [0, 0.05) is 44.5 Å². The molecule has 6 rings (SSSR count). The van der Waals surface area contributed by atoms with E-state index in [1.807, 2.05) is 54.6 Å². The molecule has 1 unspecified atom stereocenters. The Hall–Kier alpha value is -3.34. The van der Waals surface area contributed by atoms with Crippen LogP contribution in [0.5, 0.6) is 0 Å². The SMILES string of the molecule is COCC1CCCN1[P@@](=O)(Cl)OC[C@@H]1CN(C(c2ccccc2)(c2ccccc2)c2ccccc2)C[C@H](n2cc(C)c(=O)[nH]c2=O)O1. The summed E-state index contributed by atoms with van der Waals surface area (Å²) in [4.78, 5) is 30.3. The zero-order valence-electron chi connectivity index (χ0n) is 26.5. The van der Waals surface area contributed by atoms with Crippen molar-refractivity contribution in [2.75, 3.05) is 40.0 Å². The Morgan fingerprint density at radius 2 is 1.49 bits per heavy atom. The number of aromatic nitrogens is 2. The molecule has 1 N–H and O–H groups in total. The number of methoxy groups -OCH3 is 1. The van der Waals surface area contributed by atoms with Gasteiger partial charge in [-0.2, -0.15) is 0 Å². The van der Waals surface area contributed by atoms with Gasteiger partial charge in [-0.1, -0.05) is 91.0 Å². The topological polar surface area (TPSA) is 106 Å². The zero-order valence-corrected chi connectivity index (χ0v) is 28.2. The van der Waals surface area contributed by atoms with E-state index < -0.39 is 36.0 Å². The Bertz CT molecular complexity index is 1710. The molecule has 0 bridgehead atoms. The van der Waals surface area contributed by atoms with E-state index >= 15 is 0 Å². The number of hydrogen-bond donors (Lipinski definition) is 1. The second-order valence-electron chi connectivity index (χ2n) is 12.1. The summed E-state index contributed by atoms with van der Waals surface area (Å²) in [7, 11) is 1.61. The van der Waals surface area contributed by atoms with E-state index in [4.69, 9.17) is 25.2 Å². The van der Waals surface area contributed by atoms with Crippen molar-refractivity contribution >= 4 is 18.1 Å². The average Bonchev–Trinajstić information content (AvgIpc) is 3.57. The number of morpholine rings is 1. The van der Waals surface area contributed by atoms with Gasteiger partial charge < -0.3 is 14.0 Å². The summed E-state index contributed by atoms with van der Waals surface area (Å²) < 4.78 is 34.9. The van der Waals surface area contributed by atoms with Gasteiger partial charge in [-0.3, -0.25) is 23.8 Å². The molecule has 1 aromatic heterocycles. The maximum absolute atomic E-state index is 13.8. The molecule has 3 aromatic carbocycles. The number of halogens is 1. The summed E-state index contributed by atoms with van der Waals surface area (Å²) >= 11 is 6.66. The van der Waals surface area contributed by atoms with Gasteiger partial charge in [0.05, 0.1) is 24.9 Å². The van der Waals surface area contributed by atoms with E-state index in [1.165, 1.54) is 10.8 Å². The fourth-order valence-corrected chi connectivity index (χ4v) is 9.19. The number of benzene rings is 3. The number of nitrogens with one attached hydrogen (secondary N) is 1. The van der Waals surface area contributed by atoms with Crippen molar-refractivity contribution in [2.24, 2.45) is 0 Å². The van der Waals surface area contributed by atoms with Crippen molar-refractivity contribution in [1.29, 1.82) is 0 Å². The zero-order chi connectivity index (χ0) is 33.0. The van der Waals surface area contributed by atoms with E-state index in [0.717, 1.165) is 29.5 Å². The van der Waals surface area contributed by atoms with Gasteiger partial charge in [0.15, 0.2) is 6.23 Å². The van der Waals surface area contributed by atoms with Crippen LogP contribution in [0.25, 0.3) is 0 Å². The Labute approximate surface area is 279 Å². The molecule has 4 atom stereocenters. The van der Waals surface area contributed by atoms with Crippen molar-refractivity contribution < 1.29 is 18.6 Å². The molecule has 248 valence electrons. The van der Waals surface area contributed by atoms with Gasteiger partial charge in [0.2, 0.25) is 0 Å². The third-order valence-corrected chi connectivity index (χ3v) is 11.6. The van der Waals surface area contributed by atoms with Crippen LogP contribution < -0.4 is 11.2 Å². The van der Waals surface area contributed by atoms with Crippen molar-refractivity contribution in [3.8, 4) is 0 Å². The first-order valence-corrected chi connectivity index (χ1v) is 18.3. The quantitative estimate of drug-likeness (QED) is 0.164. The fourth-order valence-electron chi connectivity index (χ4n) is 6.97. The monoisotopic (exact) mass is 678 g/mol. The Balaban J connectivity index is 1.46. The van der Waals surface area contributed by atoms with Crippen molar-refractivity contribution in [2.45, 2.75) is 43.7 Å². The molecule has 3 heterocycles. The lowest BCUT2D eigenvalue weighted by Gasteiger charge is -2.50. The highest BCUT2D eigenvalue weighted by Gasteiger charge is 2.47. The van der Waals surface area contributed by atoms with Crippen LogP contribution >= 0.6 is 18.1 Å². The smallest absolute Gasteiger partial charge is 0.363 e. The van der Waals surface area contributed by atoms with E-state index in [0.29, 0.717) is 25.3 Å². The van der Waals surface area contributed by atoms with Crippen LogP contribution in [0.3, 0.4) is 0 Å². The summed E-state index contributed by atoms with van der Waals surface area (Å²) in [6.45, 7) is -0.599. The molecule has 2 fully saturated rings. The third-order valence-electron chi connectivity index (χ3n) is 9.09. The van der Waals surface area contributed by atoms with Gasteiger partial charge in [-0.25, -0.2) is 9.46 Å².